The standard InChI is InChI=1S/C64H56N6O8S2/c1-69(2)62(74)76-40-22-23-45-42-79-59-55(58(72)70(59)56(45)60(73)77-41-44-36-38-52(75-3)39-37-44)66-57(71)54(68-78-64(49-30-16-7-17-31-49,50-32-18-8-19-33-50)51-34-20-9-21-35-51)53-43-80-61(65-53)67-63(46-24-10-4-11-25-46,47-26-12-5-13-27-47)48-28-14-6-15-29-48/h4-39,43,55,59H,40-42H2,1-3H3,(H,65,67)(H,66,71)/b23-22-,68-54-/t55?,59-/m1/s1. The van der Waals surface area contributed by atoms with Crippen LogP contribution in [0.25, 0.3) is 0 Å². The lowest BCUT2D eigenvalue weighted by Crippen LogP contribution is -2.71. The molecule has 1 saturated heterocycles. The molecule has 1 aromatic heterocycles. The molecule has 2 aliphatic rings. The molecule has 2 N–H and O–H groups in total. The Labute approximate surface area is 472 Å². The van der Waals surface area contributed by atoms with E-state index in [1.54, 1.807) is 63.0 Å². The van der Waals surface area contributed by atoms with Crippen molar-refractivity contribution in [1.29, 1.82) is 0 Å². The SMILES string of the molecule is COc1ccc(COC(=O)C2=C(/C=C\COC(=O)N(C)C)CS[C@@H]3C(NC(=O)/C(=N\OC(c4ccccc4)(c4ccccc4)c4ccccc4)c4csc(NC(c5ccccc5)(c5ccccc5)c5ccccc5)n4)C(=O)N23)cc1. The minimum Gasteiger partial charge on any atom is -0.497 e. The Kier molecular flexibility index (Phi) is 16.6. The van der Waals surface area contributed by atoms with Crippen molar-refractivity contribution < 1.29 is 38.2 Å². The number of oxime groups is 1. The molecule has 0 aliphatic carbocycles. The number of ether oxygens (including phenoxy) is 3. The highest BCUT2D eigenvalue weighted by molar-refractivity contribution is 8.00. The Morgan fingerprint density at radius 1 is 0.700 bits per heavy atom. The Balaban J connectivity index is 1.03. The van der Waals surface area contributed by atoms with E-state index >= 15 is 4.79 Å². The fraction of sp³-hybridized carbons (Fsp3) is 0.156. The number of nitrogens with one attached hydrogen (secondary N) is 2. The topological polar surface area (TPSA) is 161 Å². The zero-order chi connectivity index (χ0) is 55.5. The van der Waals surface area contributed by atoms with Crippen LogP contribution in [-0.4, -0.2) is 89.4 Å². The molecule has 3 heterocycles. The third kappa shape index (κ3) is 11.2. The molecular formula is C64H56N6O8S2. The fourth-order valence-electron chi connectivity index (χ4n) is 9.72. The van der Waals surface area contributed by atoms with Gasteiger partial charge in [-0.2, -0.15) is 0 Å². The average Bonchev–Trinajstić information content (AvgIpc) is 3.63. The number of amides is 3. The molecule has 0 spiro atoms. The van der Waals surface area contributed by atoms with Gasteiger partial charge in [-0.05, 0) is 46.0 Å². The van der Waals surface area contributed by atoms with Crippen LogP contribution in [0.3, 0.4) is 0 Å². The number of anilines is 1. The van der Waals surface area contributed by atoms with Gasteiger partial charge >= 0.3 is 12.1 Å². The quantitative estimate of drug-likeness (QED) is 0.0246. The van der Waals surface area contributed by atoms with E-state index in [-0.39, 0.29) is 36.1 Å². The van der Waals surface area contributed by atoms with Gasteiger partial charge in [0.05, 0.1) is 7.11 Å². The number of nitrogens with zero attached hydrogens (tertiary/aromatic N) is 4. The molecule has 80 heavy (non-hydrogen) atoms. The summed E-state index contributed by atoms with van der Waals surface area (Å²) < 4.78 is 16.5. The van der Waals surface area contributed by atoms with Crippen molar-refractivity contribution in [1.82, 2.24) is 20.1 Å². The normalized spacial score (nSPS) is 15.3. The molecule has 0 saturated carbocycles. The average molecular weight is 1100 g/mol. The molecule has 2 atom stereocenters. The zero-order valence-electron chi connectivity index (χ0n) is 44.0. The van der Waals surface area contributed by atoms with Gasteiger partial charge in [0.2, 0.25) is 5.60 Å². The first-order valence-corrected chi connectivity index (χ1v) is 27.7. The molecular weight excluding hydrogens is 1040 g/mol. The van der Waals surface area contributed by atoms with E-state index < -0.39 is 46.4 Å². The lowest BCUT2D eigenvalue weighted by atomic mass is 9.77. The maximum absolute atomic E-state index is 15.4. The molecule has 2 aliphatic heterocycles. The highest BCUT2D eigenvalue weighted by Crippen LogP contribution is 2.44. The van der Waals surface area contributed by atoms with Crippen molar-refractivity contribution in [2.45, 2.75) is 29.2 Å². The number of benzene rings is 7. The van der Waals surface area contributed by atoms with E-state index in [0.29, 0.717) is 22.0 Å². The smallest absolute Gasteiger partial charge is 0.409 e. The van der Waals surface area contributed by atoms with Crippen LogP contribution in [0.4, 0.5) is 9.93 Å². The van der Waals surface area contributed by atoms with Gasteiger partial charge in [0, 0.05) is 41.9 Å². The van der Waals surface area contributed by atoms with Gasteiger partial charge in [-0.15, -0.1) is 23.1 Å². The van der Waals surface area contributed by atoms with Crippen LogP contribution in [-0.2, 0) is 46.4 Å². The van der Waals surface area contributed by atoms with Crippen molar-refractivity contribution >= 4 is 57.8 Å². The van der Waals surface area contributed by atoms with Gasteiger partial charge < -0.3 is 34.6 Å². The minimum absolute atomic E-state index is 0.0116. The highest BCUT2D eigenvalue weighted by atomic mass is 32.2. The van der Waals surface area contributed by atoms with Gasteiger partial charge in [0.25, 0.3) is 11.8 Å². The number of hydrogen-bond donors (Lipinski definition) is 2. The van der Waals surface area contributed by atoms with Crippen molar-refractivity contribution in [3.8, 4) is 5.75 Å². The summed E-state index contributed by atoms with van der Waals surface area (Å²) in [6.45, 7) is -0.174. The maximum atomic E-state index is 15.4. The summed E-state index contributed by atoms with van der Waals surface area (Å²) in [6, 6.07) is 65.2. The van der Waals surface area contributed by atoms with Gasteiger partial charge in [0.15, 0.2) is 10.8 Å². The summed E-state index contributed by atoms with van der Waals surface area (Å²) in [5.41, 5.74) is 3.87. The van der Waals surface area contributed by atoms with Crippen molar-refractivity contribution in [2.24, 2.45) is 5.16 Å². The van der Waals surface area contributed by atoms with Crippen LogP contribution in [0, 0.1) is 0 Å². The van der Waals surface area contributed by atoms with E-state index in [2.05, 4.69) is 47.0 Å². The van der Waals surface area contributed by atoms with Crippen LogP contribution in [0.15, 0.2) is 240 Å². The Morgan fingerprint density at radius 2 is 1.20 bits per heavy atom. The monoisotopic (exact) mass is 1100 g/mol. The molecule has 10 rings (SSSR count). The largest absolute Gasteiger partial charge is 0.497 e. The Morgan fingerprint density at radius 3 is 1.69 bits per heavy atom. The molecule has 402 valence electrons. The number of fused-ring (bicyclic) bond motifs is 1. The number of allylic oxidation sites excluding steroid dienone is 1. The van der Waals surface area contributed by atoms with Crippen LogP contribution < -0.4 is 15.4 Å². The van der Waals surface area contributed by atoms with Gasteiger partial charge in [-0.3, -0.25) is 14.5 Å². The Hall–Kier alpha value is -9.25. The highest BCUT2D eigenvalue weighted by Gasteiger charge is 2.55. The van der Waals surface area contributed by atoms with Gasteiger partial charge in [0.1, 0.15) is 47.3 Å². The maximum Gasteiger partial charge on any atom is 0.409 e. The Bertz CT molecular complexity index is 3340. The summed E-state index contributed by atoms with van der Waals surface area (Å²) in [5, 5.41) is 13.1. The second kappa shape index (κ2) is 24.6. The van der Waals surface area contributed by atoms with Crippen LogP contribution in [0.5, 0.6) is 5.75 Å². The number of thioether (sulfide) groups is 1. The molecule has 7 aromatic carbocycles. The van der Waals surface area contributed by atoms with Crippen LogP contribution >= 0.6 is 23.1 Å². The van der Waals surface area contributed by atoms with Crippen LogP contribution in [0.1, 0.15) is 44.6 Å². The molecule has 1 unspecified atom stereocenters. The lowest BCUT2D eigenvalue weighted by Gasteiger charge is -2.49. The summed E-state index contributed by atoms with van der Waals surface area (Å²) in [5.74, 6) is -1.16. The van der Waals surface area contributed by atoms with Crippen LogP contribution in [0.2, 0.25) is 0 Å². The molecule has 8 aromatic rings. The number of aromatic nitrogens is 1. The van der Waals surface area contributed by atoms with E-state index in [1.165, 1.54) is 32.9 Å². The molecule has 1 fully saturated rings. The van der Waals surface area contributed by atoms with Crippen molar-refractivity contribution in [3.05, 3.63) is 280 Å². The van der Waals surface area contributed by atoms with E-state index in [1.807, 2.05) is 146 Å². The van der Waals surface area contributed by atoms with Gasteiger partial charge in [-0.25, -0.2) is 14.6 Å². The van der Waals surface area contributed by atoms with Gasteiger partial charge in [-0.1, -0.05) is 205 Å². The van der Waals surface area contributed by atoms with E-state index in [0.717, 1.165) is 33.4 Å². The molecule has 3 amide bonds. The second-order valence-electron chi connectivity index (χ2n) is 18.9. The fourth-order valence-corrected chi connectivity index (χ4v) is 11.8. The number of esters is 1. The van der Waals surface area contributed by atoms with Crippen molar-refractivity contribution in [2.75, 3.05) is 38.9 Å². The third-order valence-corrected chi connectivity index (χ3v) is 15.7. The number of methoxy groups -OCH3 is 1. The predicted octanol–water partition coefficient (Wildman–Crippen LogP) is 10.9. The first-order valence-electron chi connectivity index (χ1n) is 25.7. The number of thiazole rings is 1. The van der Waals surface area contributed by atoms with E-state index in [9.17, 15) is 14.4 Å². The predicted molar refractivity (Wildman–Crippen MR) is 311 cm³/mol. The van der Waals surface area contributed by atoms with E-state index in [4.69, 9.17) is 29.2 Å². The number of carbonyl (C=O) groups is 4. The second-order valence-corrected chi connectivity index (χ2v) is 20.8. The number of rotatable bonds is 20. The first kappa shape index (κ1) is 54.1. The minimum atomic E-state index is -1.39. The summed E-state index contributed by atoms with van der Waals surface area (Å²) in [7, 11) is 4.71. The number of β-lactam (4-membered cyclic amide) rings is 1. The summed E-state index contributed by atoms with van der Waals surface area (Å²) in [6.07, 6.45) is 2.70. The molecule has 0 bridgehead atoms. The molecule has 16 heteroatoms. The summed E-state index contributed by atoms with van der Waals surface area (Å²) in [4.78, 5) is 71.3. The zero-order valence-corrected chi connectivity index (χ0v) is 45.6. The third-order valence-electron chi connectivity index (χ3n) is 13.7. The molecule has 0 radical (unpaired) electrons. The molecule has 14 nitrogen and oxygen atoms in total. The number of hydrogen-bond acceptors (Lipinski definition) is 13. The van der Waals surface area contributed by atoms with Crippen molar-refractivity contribution in [3.63, 3.8) is 0 Å². The first-order chi connectivity index (χ1) is 39.1. The number of carbonyl (C=O) groups excluding carboxylic acids is 4. The summed E-state index contributed by atoms with van der Waals surface area (Å²) >= 11 is 2.64. The lowest BCUT2D eigenvalue weighted by molar-refractivity contribution is -0.153.